The van der Waals surface area contributed by atoms with E-state index < -0.39 is 10.9 Å². The lowest BCUT2D eigenvalue weighted by Gasteiger charge is -2.21. The summed E-state index contributed by atoms with van der Waals surface area (Å²) in [7, 11) is 0. The number of carboxylic acid groups (broad SMARTS) is 1. The fraction of sp³-hybridized carbons (Fsp3) is 0.231. The van der Waals surface area contributed by atoms with Gasteiger partial charge >= 0.3 is 11.7 Å². The van der Waals surface area contributed by atoms with Gasteiger partial charge in [0.25, 0.3) is 0 Å². The SMILES string of the molecule is CCN(Cc1cccs1)c1nc(C(=O)O)ccc1[N+](=O)[O-]. The van der Waals surface area contributed by atoms with Crippen LogP contribution in [0.2, 0.25) is 0 Å². The van der Waals surface area contributed by atoms with Crippen LogP contribution in [0.3, 0.4) is 0 Å². The Morgan fingerprint density at radius 1 is 1.48 bits per heavy atom. The molecule has 7 nitrogen and oxygen atoms in total. The first-order valence-corrected chi connectivity index (χ1v) is 7.07. The predicted molar refractivity (Wildman–Crippen MR) is 78.9 cm³/mol. The van der Waals surface area contributed by atoms with E-state index in [-0.39, 0.29) is 17.2 Å². The number of nitrogens with zero attached hydrogens (tertiary/aromatic N) is 3. The molecule has 1 N–H and O–H groups in total. The van der Waals surface area contributed by atoms with E-state index in [0.717, 1.165) is 10.9 Å². The summed E-state index contributed by atoms with van der Waals surface area (Å²) in [6.07, 6.45) is 0. The molecule has 0 spiro atoms. The zero-order valence-electron chi connectivity index (χ0n) is 11.2. The molecular formula is C13H13N3O4S. The van der Waals surface area contributed by atoms with E-state index in [1.54, 1.807) is 4.90 Å². The van der Waals surface area contributed by atoms with Crippen LogP contribution in [0.1, 0.15) is 22.3 Å². The maximum absolute atomic E-state index is 11.1. The highest BCUT2D eigenvalue weighted by Gasteiger charge is 2.23. The zero-order valence-corrected chi connectivity index (χ0v) is 12.0. The number of aromatic nitrogens is 1. The first-order valence-electron chi connectivity index (χ1n) is 6.19. The van der Waals surface area contributed by atoms with Gasteiger partial charge in [-0.25, -0.2) is 9.78 Å². The minimum Gasteiger partial charge on any atom is -0.477 e. The smallest absolute Gasteiger partial charge is 0.354 e. The Kier molecular flexibility index (Phi) is 4.49. The second-order valence-corrected chi connectivity index (χ2v) is 5.23. The Bertz CT molecular complexity index is 657. The highest BCUT2D eigenvalue weighted by molar-refractivity contribution is 7.09. The van der Waals surface area contributed by atoms with Crippen LogP contribution in [-0.4, -0.2) is 27.5 Å². The van der Waals surface area contributed by atoms with Crippen LogP contribution in [0.15, 0.2) is 29.6 Å². The van der Waals surface area contributed by atoms with Gasteiger partial charge in [-0.1, -0.05) is 6.07 Å². The maximum Gasteiger partial charge on any atom is 0.354 e. The minimum absolute atomic E-state index is 0.0794. The maximum atomic E-state index is 11.1. The van der Waals surface area contributed by atoms with Gasteiger partial charge in [0.15, 0.2) is 5.69 Å². The first-order chi connectivity index (χ1) is 10.0. The third kappa shape index (κ3) is 3.34. The van der Waals surface area contributed by atoms with E-state index >= 15 is 0 Å². The van der Waals surface area contributed by atoms with Crippen LogP contribution < -0.4 is 4.90 Å². The second kappa shape index (κ2) is 6.31. The molecule has 0 saturated heterocycles. The Morgan fingerprint density at radius 3 is 2.76 bits per heavy atom. The zero-order chi connectivity index (χ0) is 15.4. The molecule has 2 aromatic rings. The summed E-state index contributed by atoms with van der Waals surface area (Å²) < 4.78 is 0. The van der Waals surface area contributed by atoms with Gasteiger partial charge in [-0.3, -0.25) is 10.1 Å². The van der Waals surface area contributed by atoms with Gasteiger partial charge in [0, 0.05) is 17.5 Å². The number of pyridine rings is 1. The van der Waals surface area contributed by atoms with Gasteiger partial charge in [0.1, 0.15) is 0 Å². The molecule has 2 heterocycles. The van der Waals surface area contributed by atoms with Gasteiger partial charge in [-0.2, -0.15) is 0 Å². The van der Waals surface area contributed by atoms with Gasteiger partial charge in [-0.05, 0) is 24.4 Å². The largest absolute Gasteiger partial charge is 0.477 e. The Morgan fingerprint density at radius 2 is 2.24 bits per heavy atom. The van der Waals surface area contributed by atoms with Crippen molar-refractivity contribution in [1.29, 1.82) is 0 Å². The molecule has 0 unspecified atom stereocenters. The van der Waals surface area contributed by atoms with Crippen molar-refractivity contribution in [3.63, 3.8) is 0 Å². The van der Waals surface area contributed by atoms with E-state index in [1.165, 1.54) is 17.4 Å². The van der Waals surface area contributed by atoms with E-state index in [0.29, 0.717) is 13.1 Å². The number of nitro groups is 1. The van der Waals surface area contributed by atoms with Gasteiger partial charge in [0.05, 0.1) is 11.5 Å². The molecule has 0 radical (unpaired) electrons. The Balaban J connectivity index is 2.44. The number of aromatic carboxylic acids is 1. The Labute approximate surface area is 124 Å². The number of carbonyl (C=O) groups is 1. The average molecular weight is 307 g/mol. The van der Waals surface area contributed by atoms with Crippen molar-refractivity contribution in [1.82, 2.24) is 4.98 Å². The molecule has 0 aliphatic carbocycles. The van der Waals surface area contributed by atoms with E-state index in [9.17, 15) is 14.9 Å². The van der Waals surface area contributed by atoms with Crippen molar-refractivity contribution >= 4 is 28.8 Å². The standard InChI is InChI=1S/C13H13N3O4S/c1-2-15(8-9-4-3-7-21-9)12-11(16(19)20)6-5-10(14-12)13(17)18/h3-7H,2,8H2,1H3,(H,17,18). The van der Waals surface area contributed by atoms with E-state index in [1.807, 2.05) is 24.4 Å². The molecule has 0 aliphatic heterocycles. The van der Waals surface area contributed by atoms with Crippen molar-refractivity contribution in [2.45, 2.75) is 13.5 Å². The lowest BCUT2D eigenvalue weighted by Crippen LogP contribution is -2.24. The fourth-order valence-corrected chi connectivity index (χ4v) is 2.58. The molecule has 2 aromatic heterocycles. The third-order valence-corrected chi connectivity index (χ3v) is 3.74. The summed E-state index contributed by atoms with van der Waals surface area (Å²) in [6.45, 7) is 2.77. The first kappa shape index (κ1) is 14.9. The molecule has 0 aliphatic rings. The third-order valence-electron chi connectivity index (χ3n) is 2.88. The van der Waals surface area contributed by atoms with Crippen molar-refractivity contribution in [3.05, 3.63) is 50.3 Å². The van der Waals surface area contributed by atoms with Gasteiger partial charge < -0.3 is 10.0 Å². The van der Waals surface area contributed by atoms with Crippen molar-refractivity contribution in [2.24, 2.45) is 0 Å². The molecule has 8 heteroatoms. The number of hydrogen-bond donors (Lipinski definition) is 1. The number of hydrogen-bond acceptors (Lipinski definition) is 6. The van der Waals surface area contributed by atoms with Gasteiger partial charge in [0.2, 0.25) is 5.82 Å². The van der Waals surface area contributed by atoms with Crippen LogP contribution >= 0.6 is 11.3 Å². The Hall–Kier alpha value is -2.48. The number of carboxylic acids is 1. The molecule has 0 fully saturated rings. The van der Waals surface area contributed by atoms with Crippen LogP contribution in [0.4, 0.5) is 11.5 Å². The van der Waals surface area contributed by atoms with Crippen molar-refractivity contribution in [3.8, 4) is 0 Å². The molecule has 0 saturated carbocycles. The summed E-state index contributed by atoms with van der Waals surface area (Å²) in [5.41, 5.74) is -0.404. The average Bonchev–Trinajstić information content (AvgIpc) is 2.96. The molecule has 0 amide bonds. The minimum atomic E-state index is -1.21. The monoisotopic (exact) mass is 307 g/mol. The van der Waals surface area contributed by atoms with Crippen LogP contribution in [0.5, 0.6) is 0 Å². The topological polar surface area (TPSA) is 96.6 Å². The van der Waals surface area contributed by atoms with Crippen molar-refractivity contribution in [2.75, 3.05) is 11.4 Å². The summed E-state index contributed by atoms with van der Waals surface area (Å²) in [6, 6.07) is 6.13. The molecule has 0 atom stereocenters. The quantitative estimate of drug-likeness (QED) is 0.651. The molecule has 110 valence electrons. The summed E-state index contributed by atoms with van der Waals surface area (Å²) in [4.78, 5) is 28.2. The highest BCUT2D eigenvalue weighted by Crippen LogP contribution is 2.28. The molecule has 2 rings (SSSR count). The molecule has 0 aromatic carbocycles. The molecule has 21 heavy (non-hydrogen) atoms. The predicted octanol–water partition coefficient (Wildman–Crippen LogP) is 2.78. The van der Waals surface area contributed by atoms with Gasteiger partial charge in [-0.15, -0.1) is 11.3 Å². The second-order valence-electron chi connectivity index (χ2n) is 4.20. The number of thiophene rings is 1. The van der Waals surface area contributed by atoms with Crippen LogP contribution in [-0.2, 0) is 6.54 Å². The molecular weight excluding hydrogens is 294 g/mol. The summed E-state index contributed by atoms with van der Waals surface area (Å²) >= 11 is 1.53. The van der Waals surface area contributed by atoms with E-state index in [2.05, 4.69) is 4.98 Å². The summed E-state index contributed by atoms with van der Waals surface area (Å²) in [5.74, 6) is -1.13. The normalized spacial score (nSPS) is 10.3. The number of rotatable bonds is 6. The highest BCUT2D eigenvalue weighted by atomic mass is 32.1. The summed E-state index contributed by atoms with van der Waals surface area (Å²) in [5, 5.41) is 22.0. The van der Waals surface area contributed by atoms with Crippen LogP contribution in [0.25, 0.3) is 0 Å². The lowest BCUT2D eigenvalue weighted by atomic mass is 10.3. The van der Waals surface area contributed by atoms with Crippen molar-refractivity contribution < 1.29 is 14.8 Å². The number of anilines is 1. The van der Waals surface area contributed by atoms with E-state index in [4.69, 9.17) is 5.11 Å². The van der Waals surface area contributed by atoms with Crippen LogP contribution in [0, 0.1) is 10.1 Å². The molecule has 0 bridgehead atoms. The lowest BCUT2D eigenvalue weighted by molar-refractivity contribution is -0.384. The fourth-order valence-electron chi connectivity index (χ4n) is 1.86.